The molecule has 0 bridgehead atoms. The average Bonchev–Trinajstić information content (AvgIpc) is 3.45. The van der Waals surface area contributed by atoms with Crippen LogP contribution in [0.4, 0.5) is 0 Å². The van der Waals surface area contributed by atoms with Crippen molar-refractivity contribution < 1.29 is 0 Å². The van der Waals surface area contributed by atoms with Gasteiger partial charge >= 0.3 is 0 Å². The predicted octanol–water partition coefficient (Wildman–Crippen LogP) is 12.8. The fourth-order valence-electron chi connectivity index (χ4n) is 8.14. The molecule has 0 fully saturated rings. The number of nitrogens with zero attached hydrogens (tertiary/aromatic N) is 3. The Balaban J connectivity index is 1.16. The molecule has 7 aromatic carbocycles. The summed E-state index contributed by atoms with van der Waals surface area (Å²) in [6, 6.07) is 62.4. The molecule has 0 amide bonds. The van der Waals surface area contributed by atoms with Crippen LogP contribution >= 0.6 is 0 Å². The van der Waals surface area contributed by atoms with E-state index in [-0.39, 0.29) is 5.41 Å². The Morgan fingerprint density at radius 2 is 0.962 bits per heavy atom. The molecule has 1 aliphatic carbocycles. The fraction of sp³-hybridized carbons (Fsp3) is 0.0600. The summed E-state index contributed by atoms with van der Waals surface area (Å²) in [5.74, 6) is 0.699. The molecule has 1 aliphatic rings. The van der Waals surface area contributed by atoms with E-state index < -0.39 is 0 Å². The molecule has 3 heteroatoms. The third-order valence-electron chi connectivity index (χ3n) is 10.9. The molecule has 0 saturated heterocycles. The lowest BCUT2D eigenvalue weighted by molar-refractivity contribution is 0.661. The molecule has 10 rings (SSSR count). The Labute approximate surface area is 309 Å². The van der Waals surface area contributed by atoms with Crippen LogP contribution in [0.5, 0.6) is 0 Å². The molecular formula is C50H35N3. The Bertz CT molecular complexity index is 2780. The Morgan fingerprint density at radius 1 is 0.358 bits per heavy atom. The molecule has 0 atom stereocenters. The molecule has 2 heterocycles. The van der Waals surface area contributed by atoms with Crippen LogP contribution in [0, 0.1) is 0 Å². The topological polar surface area (TPSA) is 38.7 Å². The van der Waals surface area contributed by atoms with Gasteiger partial charge in [0.25, 0.3) is 0 Å². The summed E-state index contributed by atoms with van der Waals surface area (Å²) in [4.78, 5) is 15.6. The maximum Gasteiger partial charge on any atom is 0.160 e. The van der Waals surface area contributed by atoms with Crippen LogP contribution in [0.1, 0.15) is 25.0 Å². The van der Waals surface area contributed by atoms with Gasteiger partial charge in [-0.15, -0.1) is 0 Å². The van der Waals surface area contributed by atoms with Crippen LogP contribution in [0.25, 0.3) is 89.1 Å². The summed E-state index contributed by atoms with van der Waals surface area (Å²) in [5.41, 5.74) is 15.4. The normalized spacial score (nSPS) is 12.9. The van der Waals surface area contributed by atoms with Gasteiger partial charge in [-0.3, -0.25) is 0 Å². The molecule has 0 radical (unpaired) electrons. The molecule has 0 saturated carbocycles. The number of hydrogen-bond acceptors (Lipinski definition) is 3. The lowest BCUT2D eigenvalue weighted by atomic mass is 9.82. The minimum absolute atomic E-state index is 0.119. The van der Waals surface area contributed by atoms with Crippen LogP contribution in [0.3, 0.4) is 0 Å². The van der Waals surface area contributed by atoms with Gasteiger partial charge in [-0.1, -0.05) is 166 Å². The summed E-state index contributed by atoms with van der Waals surface area (Å²) in [6.45, 7) is 4.66. The highest BCUT2D eigenvalue weighted by Gasteiger charge is 2.35. The SMILES string of the molecule is CC1(C)c2ccccc2-c2cc3c(-c4ccc(-c5nc(-c6ccccc6)cc(-c6ccccc6)n5)cc4)cc(-c4cccc5ccccc45)nc3cc21. The minimum Gasteiger partial charge on any atom is -0.248 e. The van der Waals surface area contributed by atoms with Crippen LogP contribution in [-0.2, 0) is 5.41 Å². The smallest absolute Gasteiger partial charge is 0.160 e. The van der Waals surface area contributed by atoms with Gasteiger partial charge in [0.1, 0.15) is 0 Å². The van der Waals surface area contributed by atoms with E-state index in [1.54, 1.807) is 0 Å². The van der Waals surface area contributed by atoms with Crippen molar-refractivity contribution in [1.82, 2.24) is 15.0 Å². The predicted molar refractivity (Wildman–Crippen MR) is 220 cm³/mol. The quantitative estimate of drug-likeness (QED) is 0.182. The zero-order valence-electron chi connectivity index (χ0n) is 29.6. The molecular weight excluding hydrogens is 643 g/mol. The van der Waals surface area contributed by atoms with Crippen LogP contribution < -0.4 is 0 Å². The highest BCUT2D eigenvalue weighted by Crippen LogP contribution is 2.50. The summed E-state index contributed by atoms with van der Waals surface area (Å²) in [6.07, 6.45) is 0. The van der Waals surface area contributed by atoms with Gasteiger partial charge in [-0.25, -0.2) is 15.0 Å². The van der Waals surface area contributed by atoms with Crippen molar-refractivity contribution in [1.29, 1.82) is 0 Å². The number of hydrogen-bond donors (Lipinski definition) is 0. The van der Waals surface area contributed by atoms with Crippen molar-refractivity contribution in [3.05, 3.63) is 187 Å². The lowest BCUT2D eigenvalue weighted by Gasteiger charge is -2.22. The van der Waals surface area contributed by atoms with Gasteiger partial charge in [0.05, 0.1) is 22.6 Å². The van der Waals surface area contributed by atoms with E-state index in [1.807, 2.05) is 12.1 Å². The van der Waals surface area contributed by atoms with E-state index in [0.717, 1.165) is 61.4 Å². The van der Waals surface area contributed by atoms with Crippen molar-refractivity contribution in [2.24, 2.45) is 0 Å². The monoisotopic (exact) mass is 677 g/mol. The highest BCUT2D eigenvalue weighted by molar-refractivity contribution is 6.04. The molecule has 250 valence electrons. The highest BCUT2D eigenvalue weighted by atomic mass is 14.9. The molecule has 0 spiro atoms. The van der Waals surface area contributed by atoms with Crippen molar-refractivity contribution in [2.75, 3.05) is 0 Å². The first-order valence-electron chi connectivity index (χ1n) is 18.2. The second-order valence-electron chi connectivity index (χ2n) is 14.4. The van der Waals surface area contributed by atoms with Crippen molar-refractivity contribution in [3.8, 4) is 67.4 Å². The van der Waals surface area contributed by atoms with Crippen molar-refractivity contribution in [3.63, 3.8) is 0 Å². The summed E-state index contributed by atoms with van der Waals surface area (Å²) in [5, 5.41) is 3.54. The zero-order chi connectivity index (χ0) is 35.5. The number of aromatic nitrogens is 3. The maximum atomic E-state index is 5.41. The Morgan fingerprint density at radius 3 is 1.70 bits per heavy atom. The average molecular weight is 678 g/mol. The molecule has 9 aromatic rings. The maximum absolute atomic E-state index is 5.41. The lowest BCUT2D eigenvalue weighted by Crippen LogP contribution is -2.14. The number of rotatable bonds is 5. The van der Waals surface area contributed by atoms with Gasteiger partial charge in [0.2, 0.25) is 0 Å². The fourth-order valence-corrected chi connectivity index (χ4v) is 8.14. The summed E-state index contributed by atoms with van der Waals surface area (Å²) >= 11 is 0. The van der Waals surface area contributed by atoms with Gasteiger partial charge in [0.15, 0.2) is 5.82 Å². The molecule has 3 nitrogen and oxygen atoms in total. The summed E-state index contributed by atoms with van der Waals surface area (Å²) in [7, 11) is 0. The first-order valence-corrected chi connectivity index (χ1v) is 18.2. The van der Waals surface area contributed by atoms with E-state index in [2.05, 4.69) is 178 Å². The van der Waals surface area contributed by atoms with Crippen molar-refractivity contribution >= 4 is 21.7 Å². The molecule has 53 heavy (non-hydrogen) atoms. The van der Waals surface area contributed by atoms with Gasteiger partial charge < -0.3 is 0 Å². The first-order chi connectivity index (χ1) is 26.0. The minimum atomic E-state index is -0.119. The van der Waals surface area contributed by atoms with Gasteiger partial charge in [-0.05, 0) is 68.4 Å². The number of fused-ring (bicyclic) bond motifs is 5. The largest absolute Gasteiger partial charge is 0.248 e. The Kier molecular flexibility index (Phi) is 7.16. The van der Waals surface area contributed by atoms with E-state index in [1.165, 1.54) is 33.0 Å². The molecule has 0 aliphatic heterocycles. The molecule has 2 aromatic heterocycles. The van der Waals surface area contributed by atoms with Gasteiger partial charge in [0, 0.05) is 33.1 Å². The van der Waals surface area contributed by atoms with E-state index >= 15 is 0 Å². The molecule has 0 N–H and O–H groups in total. The standard InChI is InChI=1S/C50H35N3/c1-50(2)43-23-12-11-21-38(43)41-28-42-40(29-47(51-48(42)30-44(41)50)39-22-13-19-32-14-9-10-20-37(32)39)33-24-26-36(27-25-33)49-52-45(34-15-5-3-6-16-34)31-46(53-49)35-17-7-4-8-18-35/h3-31H,1-2H3. The van der Waals surface area contributed by atoms with Crippen LogP contribution in [0.2, 0.25) is 0 Å². The van der Waals surface area contributed by atoms with E-state index in [9.17, 15) is 0 Å². The number of pyridine rings is 1. The van der Waals surface area contributed by atoms with E-state index in [4.69, 9.17) is 15.0 Å². The second kappa shape index (κ2) is 12.2. The third kappa shape index (κ3) is 5.24. The van der Waals surface area contributed by atoms with Crippen LogP contribution in [-0.4, -0.2) is 15.0 Å². The van der Waals surface area contributed by atoms with Crippen molar-refractivity contribution in [2.45, 2.75) is 19.3 Å². The first kappa shape index (κ1) is 31.1. The Hall–Kier alpha value is -6.71. The van der Waals surface area contributed by atoms with Crippen LogP contribution in [0.15, 0.2) is 176 Å². The third-order valence-corrected chi connectivity index (χ3v) is 10.9. The van der Waals surface area contributed by atoms with E-state index in [0.29, 0.717) is 5.82 Å². The summed E-state index contributed by atoms with van der Waals surface area (Å²) < 4.78 is 0. The molecule has 0 unspecified atom stereocenters. The zero-order valence-corrected chi connectivity index (χ0v) is 29.6. The second-order valence-corrected chi connectivity index (χ2v) is 14.4. The van der Waals surface area contributed by atoms with Gasteiger partial charge in [-0.2, -0.15) is 0 Å². The number of benzene rings is 7.